The van der Waals surface area contributed by atoms with E-state index in [4.69, 9.17) is 9.15 Å². The Morgan fingerprint density at radius 1 is 1.35 bits per heavy atom. The number of likely N-dealkylation sites (tertiary alicyclic amines) is 1. The predicted octanol–water partition coefficient (Wildman–Crippen LogP) is 2.47. The molecule has 1 fully saturated rings. The summed E-state index contributed by atoms with van der Waals surface area (Å²) in [5.41, 5.74) is 1.43. The van der Waals surface area contributed by atoms with Gasteiger partial charge in [-0.05, 0) is 31.9 Å². The third kappa shape index (κ3) is 3.85. The molecule has 0 aliphatic carbocycles. The molecule has 1 saturated heterocycles. The molecule has 6 nitrogen and oxygen atoms in total. The molecule has 23 heavy (non-hydrogen) atoms. The number of ether oxygens (including phenoxy) is 1. The Kier molecular flexibility index (Phi) is 4.85. The highest BCUT2D eigenvalue weighted by Gasteiger charge is 2.26. The summed E-state index contributed by atoms with van der Waals surface area (Å²) in [5, 5.41) is 0.418. The number of fused-ring (bicyclic) bond motifs is 1. The quantitative estimate of drug-likeness (QED) is 0.618. The topological polar surface area (TPSA) is 72.6 Å². The van der Waals surface area contributed by atoms with E-state index >= 15 is 0 Å². The molecule has 2 heterocycles. The van der Waals surface area contributed by atoms with Crippen molar-refractivity contribution < 1.29 is 18.7 Å². The number of rotatable bonds is 5. The van der Waals surface area contributed by atoms with Crippen LogP contribution in [0.5, 0.6) is 0 Å². The Balaban J connectivity index is 1.49. The Morgan fingerprint density at radius 2 is 2.09 bits per heavy atom. The van der Waals surface area contributed by atoms with Crippen LogP contribution in [0.25, 0.3) is 11.1 Å². The molecule has 1 aromatic heterocycles. The first-order chi connectivity index (χ1) is 11.1. The normalized spacial score (nSPS) is 15.8. The van der Waals surface area contributed by atoms with Crippen LogP contribution >= 0.6 is 11.8 Å². The molecular formula is C16H18N2O4S. The Morgan fingerprint density at radius 3 is 2.83 bits per heavy atom. The zero-order chi connectivity index (χ0) is 16.2. The highest BCUT2D eigenvalue weighted by Crippen LogP contribution is 2.23. The van der Waals surface area contributed by atoms with E-state index in [9.17, 15) is 9.59 Å². The van der Waals surface area contributed by atoms with Gasteiger partial charge in [0.15, 0.2) is 11.7 Å². The lowest BCUT2D eigenvalue weighted by Gasteiger charge is -2.20. The van der Waals surface area contributed by atoms with E-state index in [1.807, 2.05) is 24.3 Å². The van der Waals surface area contributed by atoms with Crippen LogP contribution in [0.4, 0.5) is 0 Å². The Hall–Kier alpha value is -2.02. The van der Waals surface area contributed by atoms with Crippen molar-refractivity contribution >= 4 is 34.7 Å². The second kappa shape index (κ2) is 7.04. The zero-order valence-electron chi connectivity index (χ0n) is 12.9. The fourth-order valence-corrected chi connectivity index (χ4v) is 3.13. The summed E-state index contributed by atoms with van der Waals surface area (Å²) in [4.78, 5) is 30.0. The molecule has 1 aliphatic rings. The van der Waals surface area contributed by atoms with Gasteiger partial charge >= 0.3 is 5.97 Å². The number of amides is 1. The molecule has 0 unspecified atom stereocenters. The van der Waals surface area contributed by atoms with Gasteiger partial charge in [0.25, 0.3) is 11.1 Å². The molecular weight excluding hydrogens is 316 g/mol. The Bertz CT molecular complexity index is 676. The number of aromatic nitrogens is 1. The number of carbonyl (C=O) groups excluding carboxylic acids is 2. The van der Waals surface area contributed by atoms with Crippen molar-refractivity contribution in [2.24, 2.45) is 0 Å². The maximum Gasteiger partial charge on any atom is 0.317 e. The van der Waals surface area contributed by atoms with Gasteiger partial charge in [-0.3, -0.25) is 9.59 Å². The summed E-state index contributed by atoms with van der Waals surface area (Å²) in [6, 6.07) is 7.40. The maximum atomic E-state index is 12.1. The van der Waals surface area contributed by atoms with E-state index in [1.165, 1.54) is 0 Å². The van der Waals surface area contributed by atoms with E-state index in [0.29, 0.717) is 10.8 Å². The van der Waals surface area contributed by atoms with Crippen molar-refractivity contribution in [3.8, 4) is 0 Å². The molecule has 1 aliphatic heterocycles. The molecule has 2 aromatic rings. The molecule has 0 saturated carbocycles. The van der Waals surface area contributed by atoms with Crippen LogP contribution in [-0.2, 0) is 14.3 Å². The van der Waals surface area contributed by atoms with Crippen molar-refractivity contribution in [1.29, 1.82) is 0 Å². The second-order valence-corrected chi connectivity index (χ2v) is 6.33. The number of thioether (sulfide) groups is 1. The SMILES string of the molecule is C[C@@H](OC(=O)CSc1nc2ccccc2o1)C(=O)N1CCCC1. The molecule has 1 amide bonds. The molecule has 0 bridgehead atoms. The van der Waals surface area contributed by atoms with Gasteiger partial charge in [-0.15, -0.1) is 0 Å². The van der Waals surface area contributed by atoms with Gasteiger partial charge in [0.1, 0.15) is 11.3 Å². The van der Waals surface area contributed by atoms with Gasteiger partial charge < -0.3 is 14.1 Å². The molecule has 7 heteroatoms. The number of hydrogen-bond donors (Lipinski definition) is 0. The van der Waals surface area contributed by atoms with E-state index in [-0.39, 0.29) is 11.7 Å². The van der Waals surface area contributed by atoms with Gasteiger partial charge in [0.2, 0.25) is 0 Å². The maximum absolute atomic E-state index is 12.1. The summed E-state index contributed by atoms with van der Waals surface area (Å²) >= 11 is 1.16. The molecule has 1 aromatic carbocycles. The van der Waals surface area contributed by atoms with Crippen LogP contribution in [0.2, 0.25) is 0 Å². The summed E-state index contributed by atoms with van der Waals surface area (Å²) in [6.45, 7) is 3.11. The molecule has 0 radical (unpaired) electrons. The number of para-hydroxylation sites is 2. The summed E-state index contributed by atoms with van der Waals surface area (Å²) in [6.07, 6.45) is 1.28. The average Bonchev–Trinajstić information content (AvgIpc) is 3.21. The van der Waals surface area contributed by atoms with Crippen molar-refractivity contribution in [1.82, 2.24) is 9.88 Å². The highest BCUT2D eigenvalue weighted by molar-refractivity contribution is 7.99. The van der Waals surface area contributed by atoms with Crippen LogP contribution in [0, 0.1) is 0 Å². The largest absolute Gasteiger partial charge is 0.452 e. The van der Waals surface area contributed by atoms with Gasteiger partial charge in [-0.1, -0.05) is 23.9 Å². The van der Waals surface area contributed by atoms with Crippen molar-refractivity contribution in [3.63, 3.8) is 0 Å². The minimum Gasteiger partial charge on any atom is -0.452 e. The summed E-state index contributed by atoms with van der Waals surface area (Å²) in [7, 11) is 0. The minimum atomic E-state index is -0.746. The zero-order valence-corrected chi connectivity index (χ0v) is 13.7. The van der Waals surface area contributed by atoms with Crippen molar-refractivity contribution in [3.05, 3.63) is 24.3 Å². The van der Waals surface area contributed by atoms with Crippen LogP contribution in [0.15, 0.2) is 33.9 Å². The van der Waals surface area contributed by atoms with Gasteiger partial charge in [0.05, 0.1) is 0 Å². The van der Waals surface area contributed by atoms with Crippen molar-refractivity contribution in [2.75, 3.05) is 18.8 Å². The molecule has 122 valence electrons. The first kappa shape index (κ1) is 15.9. The summed E-state index contributed by atoms with van der Waals surface area (Å²) < 4.78 is 10.7. The second-order valence-electron chi connectivity index (χ2n) is 5.40. The molecule has 0 spiro atoms. The third-order valence-corrected chi connectivity index (χ3v) is 4.46. The summed E-state index contributed by atoms with van der Waals surface area (Å²) in [5.74, 6) is -0.509. The smallest absolute Gasteiger partial charge is 0.317 e. The Labute approximate surface area is 138 Å². The number of carbonyl (C=O) groups is 2. The number of esters is 1. The third-order valence-electron chi connectivity index (χ3n) is 3.66. The average molecular weight is 334 g/mol. The standard InChI is InChI=1S/C16H18N2O4S/c1-11(15(20)18-8-4-5-9-18)21-14(19)10-23-16-17-12-6-2-3-7-13(12)22-16/h2-3,6-7,11H,4-5,8-10H2,1H3/t11-/m1/s1. The number of nitrogens with zero attached hydrogens (tertiary/aromatic N) is 2. The molecule has 3 rings (SSSR count). The van der Waals surface area contributed by atoms with E-state index in [1.54, 1.807) is 11.8 Å². The predicted molar refractivity (Wildman–Crippen MR) is 86.1 cm³/mol. The number of oxazole rings is 1. The lowest BCUT2D eigenvalue weighted by molar-refractivity contribution is -0.156. The van der Waals surface area contributed by atoms with E-state index in [0.717, 1.165) is 43.2 Å². The minimum absolute atomic E-state index is 0.0600. The van der Waals surface area contributed by atoms with E-state index < -0.39 is 12.1 Å². The van der Waals surface area contributed by atoms with E-state index in [2.05, 4.69) is 4.98 Å². The van der Waals surface area contributed by atoms with Gasteiger partial charge in [-0.2, -0.15) is 0 Å². The lowest BCUT2D eigenvalue weighted by atomic mass is 10.3. The molecule has 0 N–H and O–H groups in total. The monoisotopic (exact) mass is 334 g/mol. The first-order valence-corrected chi connectivity index (χ1v) is 8.58. The first-order valence-electron chi connectivity index (χ1n) is 7.60. The molecule has 1 atom stereocenters. The highest BCUT2D eigenvalue weighted by atomic mass is 32.2. The van der Waals surface area contributed by atoms with Crippen LogP contribution in [0.1, 0.15) is 19.8 Å². The van der Waals surface area contributed by atoms with Crippen LogP contribution in [-0.4, -0.2) is 46.7 Å². The number of benzene rings is 1. The fourth-order valence-electron chi connectivity index (χ4n) is 2.51. The lowest BCUT2D eigenvalue weighted by Crippen LogP contribution is -2.38. The fraction of sp³-hybridized carbons (Fsp3) is 0.438. The van der Waals surface area contributed by atoms with Crippen LogP contribution in [0.3, 0.4) is 0 Å². The van der Waals surface area contributed by atoms with Gasteiger partial charge in [0, 0.05) is 13.1 Å². The van der Waals surface area contributed by atoms with Crippen molar-refractivity contribution in [2.45, 2.75) is 31.1 Å². The van der Waals surface area contributed by atoms with Crippen LogP contribution < -0.4 is 0 Å². The van der Waals surface area contributed by atoms with Gasteiger partial charge in [-0.25, -0.2) is 4.98 Å². The number of hydrogen-bond acceptors (Lipinski definition) is 6.